The molecule has 0 aromatic heterocycles. The molecule has 0 bridgehead atoms. The number of rotatable bonds is 7. The first kappa shape index (κ1) is 29.9. The highest BCUT2D eigenvalue weighted by atomic mass is 19.4. The summed E-state index contributed by atoms with van der Waals surface area (Å²) in [5.41, 5.74) is 2.27. The Morgan fingerprint density at radius 1 is 0.909 bits per heavy atom. The van der Waals surface area contributed by atoms with Crippen LogP contribution in [0, 0.1) is 11.6 Å². The number of hydrogen-bond acceptors (Lipinski definition) is 4. The van der Waals surface area contributed by atoms with Crippen LogP contribution in [0.1, 0.15) is 75.9 Å². The zero-order chi connectivity index (χ0) is 31.3. The van der Waals surface area contributed by atoms with Crippen molar-refractivity contribution in [1.29, 1.82) is 0 Å². The third-order valence-corrected chi connectivity index (χ3v) is 8.79. The molecule has 0 radical (unpaired) electrons. The van der Waals surface area contributed by atoms with E-state index >= 15 is 4.39 Å². The third kappa shape index (κ3) is 5.16. The van der Waals surface area contributed by atoms with E-state index in [1.54, 1.807) is 24.3 Å². The SMILES string of the molecule is CCCCc1c(F)ccc2c1C(C(=O)N(CC(F)(F)F)N1CCC(N3C(=O)c4ccccc4C3=O)CC1)c1cc(F)ccc1-2. The first-order valence-corrected chi connectivity index (χ1v) is 14.7. The number of carbonyl (C=O) groups is 3. The summed E-state index contributed by atoms with van der Waals surface area (Å²) in [6, 6.07) is 12.5. The molecule has 0 N–H and O–H groups in total. The Bertz CT molecular complexity index is 1610. The molecule has 1 atom stereocenters. The van der Waals surface area contributed by atoms with E-state index in [4.69, 9.17) is 0 Å². The summed E-state index contributed by atoms with van der Waals surface area (Å²) >= 11 is 0. The van der Waals surface area contributed by atoms with Crippen molar-refractivity contribution in [3.05, 3.63) is 94.0 Å². The molecule has 6 rings (SSSR count). The second-order valence-corrected chi connectivity index (χ2v) is 11.5. The van der Waals surface area contributed by atoms with Gasteiger partial charge in [-0.1, -0.05) is 37.6 Å². The lowest BCUT2D eigenvalue weighted by molar-refractivity contribution is -0.195. The molecule has 44 heavy (non-hydrogen) atoms. The number of fused-ring (bicyclic) bond motifs is 4. The topological polar surface area (TPSA) is 60.9 Å². The Labute approximate surface area is 251 Å². The summed E-state index contributed by atoms with van der Waals surface area (Å²) in [7, 11) is 0. The number of amides is 3. The van der Waals surface area contributed by atoms with E-state index in [0.717, 1.165) is 17.4 Å². The fourth-order valence-corrected chi connectivity index (χ4v) is 6.77. The van der Waals surface area contributed by atoms with Crippen molar-refractivity contribution in [2.24, 2.45) is 0 Å². The molecule has 1 saturated heterocycles. The summed E-state index contributed by atoms with van der Waals surface area (Å²) < 4.78 is 71.8. The van der Waals surface area contributed by atoms with E-state index in [-0.39, 0.29) is 60.2 Å². The van der Waals surface area contributed by atoms with Crippen molar-refractivity contribution in [3.63, 3.8) is 0 Å². The predicted octanol–water partition coefficient (Wildman–Crippen LogP) is 6.49. The summed E-state index contributed by atoms with van der Waals surface area (Å²) in [4.78, 5) is 41.5. The monoisotopic (exact) mass is 611 g/mol. The Hall–Kier alpha value is -4.12. The lowest BCUT2D eigenvalue weighted by Crippen LogP contribution is -2.57. The van der Waals surface area contributed by atoms with Gasteiger partial charge in [-0.3, -0.25) is 24.3 Å². The van der Waals surface area contributed by atoms with Crippen LogP contribution >= 0.6 is 0 Å². The summed E-state index contributed by atoms with van der Waals surface area (Å²) in [6.45, 7) is 0.243. The number of halogens is 5. The summed E-state index contributed by atoms with van der Waals surface area (Å²) in [5.74, 6) is -4.39. The molecule has 1 fully saturated rings. The second kappa shape index (κ2) is 11.4. The van der Waals surface area contributed by atoms with Crippen molar-refractivity contribution in [1.82, 2.24) is 14.9 Å². The van der Waals surface area contributed by atoms with Crippen LogP contribution < -0.4 is 0 Å². The number of imide groups is 1. The van der Waals surface area contributed by atoms with Crippen molar-refractivity contribution in [2.45, 2.75) is 57.2 Å². The number of unbranched alkanes of at least 4 members (excludes halogenated alkanes) is 1. The Morgan fingerprint density at radius 3 is 2.16 bits per heavy atom. The van der Waals surface area contributed by atoms with Gasteiger partial charge in [0.05, 0.1) is 17.0 Å². The highest BCUT2D eigenvalue weighted by Crippen LogP contribution is 2.49. The minimum atomic E-state index is -4.77. The van der Waals surface area contributed by atoms with Gasteiger partial charge in [-0.2, -0.15) is 13.2 Å². The highest BCUT2D eigenvalue weighted by Gasteiger charge is 2.46. The Balaban J connectivity index is 1.32. The molecule has 3 aromatic carbocycles. The molecule has 0 saturated carbocycles. The van der Waals surface area contributed by atoms with Gasteiger partial charge in [0.2, 0.25) is 5.91 Å². The van der Waals surface area contributed by atoms with E-state index in [0.29, 0.717) is 22.6 Å². The Morgan fingerprint density at radius 2 is 1.55 bits per heavy atom. The van der Waals surface area contributed by atoms with Crippen molar-refractivity contribution in [2.75, 3.05) is 19.6 Å². The standard InChI is InChI=1S/C33H30F5N3O3/c1-2-3-6-25-27(35)12-11-22-21-10-9-19(34)17-26(21)29(28(22)25)32(44)40(18-33(36,37)38)39-15-13-20(14-16-39)41-30(42)23-7-4-5-8-24(23)31(41)43/h4-5,7-12,17,20,29H,2-3,6,13-16,18H2,1H3. The molecule has 2 heterocycles. The number of hydrogen-bond donors (Lipinski definition) is 0. The smallest absolute Gasteiger partial charge is 0.272 e. The molecule has 0 spiro atoms. The number of hydrazine groups is 1. The average molecular weight is 612 g/mol. The van der Waals surface area contributed by atoms with Gasteiger partial charge in [0.25, 0.3) is 11.8 Å². The lowest BCUT2D eigenvalue weighted by Gasteiger charge is -2.42. The lowest BCUT2D eigenvalue weighted by atomic mass is 9.89. The molecule has 1 aliphatic carbocycles. The maximum absolute atomic E-state index is 15.2. The van der Waals surface area contributed by atoms with Crippen LogP contribution in [0.5, 0.6) is 0 Å². The van der Waals surface area contributed by atoms with Crippen molar-refractivity contribution < 1.29 is 36.3 Å². The summed E-state index contributed by atoms with van der Waals surface area (Å²) in [6.07, 6.45) is -2.88. The normalized spacial score (nSPS) is 18.4. The molecule has 1 unspecified atom stereocenters. The number of alkyl halides is 3. The number of nitrogens with zero attached hydrogens (tertiary/aromatic N) is 3. The van der Waals surface area contributed by atoms with Gasteiger partial charge in [-0.25, -0.2) is 13.8 Å². The third-order valence-electron chi connectivity index (χ3n) is 8.79. The van der Waals surface area contributed by atoms with Gasteiger partial charge in [-0.15, -0.1) is 0 Å². The van der Waals surface area contributed by atoms with Crippen LogP contribution in [0.4, 0.5) is 22.0 Å². The second-order valence-electron chi connectivity index (χ2n) is 11.5. The van der Waals surface area contributed by atoms with Crippen molar-refractivity contribution in [3.8, 4) is 11.1 Å². The molecule has 3 aliphatic rings. The van der Waals surface area contributed by atoms with Gasteiger partial charge in [0, 0.05) is 19.1 Å². The van der Waals surface area contributed by atoms with E-state index in [1.807, 2.05) is 6.92 Å². The first-order chi connectivity index (χ1) is 21.0. The fraction of sp³-hybridized carbons (Fsp3) is 0.364. The van der Waals surface area contributed by atoms with Crippen LogP contribution in [0.25, 0.3) is 11.1 Å². The van der Waals surface area contributed by atoms with Gasteiger partial charge < -0.3 is 0 Å². The summed E-state index contributed by atoms with van der Waals surface area (Å²) in [5, 5.41) is 1.92. The molecule has 230 valence electrons. The predicted molar refractivity (Wildman–Crippen MR) is 152 cm³/mol. The first-order valence-electron chi connectivity index (χ1n) is 14.7. The molecule has 3 aromatic rings. The van der Waals surface area contributed by atoms with E-state index in [1.165, 1.54) is 29.3 Å². The molecule has 11 heteroatoms. The minimum Gasteiger partial charge on any atom is -0.272 e. The zero-order valence-corrected chi connectivity index (χ0v) is 24.0. The molecule has 2 aliphatic heterocycles. The molecule has 3 amide bonds. The van der Waals surface area contributed by atoms with Crippen LogP contribution in [0.15, 0.2) is 54.6 Å². The maximum Gasteiger partial charge on any atom is 0.407 e. The Kier molecular flexibility index (Phi) is 7.77. The average Bonchev–Trinajstić information content (AvgIpc) is 3.45. The van der Waals surface area contributed by atoms with Gasteiger partial charge in [0.15, 0.2) is 0 Å². The maximum atomic E-state index is 15.2. The zero-order valence-electron chi connectivity index (χ0n) is 24.0. The van der Waals surface area contributed by atoms with E-state index in [9.17, 15) is 31.9 Å². The molecular formula is C33H30F5N3O3. The number of piperidine rings is 1. The quantitative estimate of drug-likeness (QED) is 0.227. The van der Waals surface area contributed by atoms with Crippen molar-refractivity contribution >= 4 is 17.7 Å². The van der Waals surface area contributed by atoms with Crippen LogP contribution in [0.2, 0.25) is 0 Å². The minimum absolute atomic E-state index is 0.0404. The van der Waals surface area contributed by atoms with Gasteiger partial charge in [0.1, 0.15) is 18.2 Å². The van der Waals surface area contributed by atoms with Crippen LogP contribution in [0.3, 0.4) is 0 Å². The molecule has 6 nitrogen and oxygen atoms in total. The molecular weight excluding hydrogens is 581 g/mol. The van der Waals surface area contributed by atoms with Crippen LogP contribution in [-0.4, -0.2) is 64.5 Å². The van der Waals surface area contributed by atoms with Gasteiger partial charge in [-0.05, 0) is 83.8 Å². The van der Waals surface area contributed by atoms with Crippen LogP contribution in [-0.2, 0) is 11.2 Å². The fourth-order valence-electron chi connectivity index (χ4n) is 6.77. The van der Waals surface area contributed by atoms with E-state index in [2.05, 4.69) is 0 Å². The van der Waals surface area contributed by atoms with E-state index < -0.39 is 54.0 Å². The van der Waals surface area contributed by atoms with Gasteiger partial charge >= 0.3 is 6.18 Å². The number of benzene rings is 3. The largest absolute Gasteiger partial charge is 0.407 e. The highest BCUT2D eigenvalue weighted by molar-refractivity contribution is 6.21. The number of carbonyl (C=O) groups excluding carboxylic acids is 3.